The SMILES string of the molecule is CC[C@H](C(=O)N[C@@H](C)c1ccc2c(c1)OCCO2)N(c1cc(Cl)ccc1Cl)S(C)(=O)=O. The highest BCUT2D eigenvalue weighted by Gasteiger charge is 2.33. The number of hydrogen-bond donors (Lipinski definition) is 1. The summed E-state index contributed by atoms with van der Waals surface area (Å²) in [7, 11) is -3.83. The number of carbonyl (C=O) groups is 1. The topological polar surface area (TPSA) is 84.9 Å². The van der Waals surface area contributed by atoms with Gasteiger partial charge in [-0.25, -0.2) is 8.42 Å². The minimum Gasteiger partial charge on any atom is -0.486 e. The van der Waals surface area contributed by atoms with Gasteiger partial charge in [0.25, 0.3) is 0 Å². The highest BCUT2D eigenvalue weighted by molar-refractivity contribution is 7.92. The van der Waals surface area contributed by atoms with Gasteiger partial charge < -0.3 is 14.8 Å². The molecule has 0 aromatic heterocycles. The van der Waals surface area contributed by atoms with E-state index in [9.17, 15) is 13.2 Å². The van der Waals surface area contributed by atoms with Gasteiger partial charge in [0.2, 0.25) is 15.9 Å². The first-order valence-electron chi connectivity index (χ1n) is 9.76. The Morgan fingerprint density at radius 1 is 1.13 bits per heavy atom. The first kappa shape index (κ1) is 23.5. The van der Waals surface area contributed by atoms with E-state index in [-0.39, 0.29) is 17.1 Å². The lowest BCUT2D eigenvalue weighted by Gasteiger charge is -2.31. The van der Waals surface area contributed by atoms with Crippen molar-refractivity contribution in [2.45, 2.75) is 32.4 Å². The number of hydrogen-bond acceptors (Lipinski definition) is 5. The Bertz CT molecular complexity index is 1080. The predicted molar refractivity (Wildman–Crippen MR) is 122 cm³/mol. The van der Waals surface area contributed by atoms with E-state index in [0.29, 0.717) is 29.7 Å². The van der Waals surface area contributed by atoms with E-state index in [2.05, 4.69) is 5.32 Å². The summed E-state index contributed by atoms with van der Waals surface area (Å²) < 4.78 is 37.4. The second-order valence-corrected chi connectivity index (χ2v) is 9.92. The maximum Gasteiger partial charge on any atom is 0.244 e. The summed E-state index contributed by atoms with van der Waals surface area (Å²) >= 11 is 12.3. The molecule has 1 aliphatic heterocycles. The zero-order valence-corrected chi connectivity index (χ0v) is 19.7. The van der Waals surface area contributed by atoms with Gasteiger partial charge in [0.05, 0.1) is 23.0 Å². The van der Waals surface area contributed by atoms with Crippen LogP contribution in [0.4, 0.5) is 5.69 Å². The lowest BCUT2D eigenvalue weighted by molar-refractivity contribution is -0.122. The first-order chi connectivity index (χ1) is 14.6. The molecule has 0 saturated heterocycles. The summed E-state index contributed by atoms with van der Waals surface area (Å²) in [4.78, 5) is 13.2. The van der Waals surface area contributed by atoms with Crippen LogP contribution in [0.5, 0.6) is 11.5 Å². The number of nitrogens with one attached hydrogen (secondary N) is 1. The average Bonchev–Trinajstić information content (AvgIpc) is 2.72. The van der Waals surface area contributed by atoms with Crippen molar-refractivity contribution in [3.05, 3.63) is 52.0 Å². The Labute approximate surface area is 192 Å². The van der Waals surface area contributed by atoms with E-state index in [1.807, 2.05) is 19.1 Å². The Kier molecular flexibility index (Phi) is 7.24. The quantitative estimate of drug-likeness (QED) is 0.633. The molecule has 168 valence electrons. The molecule has 2 atom stereocenters. The highest BCUT2D eigenvalue weighted by Crippen LogP contribution is 2.34. The number of anilines is 1. The molecule has 0 spiro atoms. The van der Waals surface area contributed by atoms with Crippen molar-refractivity contribution < 1.29 is 22.7 Å². The Morgan fingerprint density at radius 3 is 2.45 bits per heavy atom. The van der Waals surface area contributed by atoms with Crippen LogP contribution in [0, 0.1) is 0 Å². The number of nitrogens with zero attached hydrogens (tertiary/aromatic N) is 1. The van der Waals surface area contributed by atoms with E-state index in [1.165, 1.54) is 12.1 Å². The fourth-order valence-corrected chi connectivity index (χ4v) is 5.05. The van der Waals surface area contributed by atoms with Gasteiger partial charge in [0.15, 0.2) is 11.5 Å². The van der Waals surface area contributed by atoms with Crippen molar-refractivity contribution in [2.24, 2.45) is 0 Å². The molecular weight excluding hydrogens is 463 g/mol. The van der Waals surface area contributed by atoms with Gasteiger partial charge in [0.1, 0.15) is 19.3 Å². The lowest BCUT2D eigenvalue weighted by Crippen LogP contribution is -2.49. The summed E-state index contributed by atoms with van der Waals surface area (Å²) in [5.74, 6) is 0.811. The minimum absolute atomic E-state index is 0.158. The van der Waals surface area contributed by atoms with Gasteiger partial charge in [0, 0.05) is 5.02 Å². The second kappa shape index (κ2) is 9.54. The number of fused-ring (bicyclic) bond motifs is 1. The van der Waals surface area contributed by atoms with E-state index in [1.54, 1.807) is 19.1 Å². The van der Waals surface area contributed by atoms with Crippen LogP contribution in [-0.4, -0.2) is 39.8 Å². The van der Waals surface area contributed by atoms with E-state index in [4.69, 9.17) is 32.7 Å². The number of sulfonamides is 1. The molecule has 1 amide bonds. The third-order valence-corrected chi connectivity index (χ3v) is 6.62. The Hall–Kier alpha value is -2.16. The van der Waals surface area contributed by atoms with E-state index >= 15 is 0 Å². The molecule has 3 rings (SSSR count). The normalized spacial score (nSPS) is 15.1. The number of carbonyl (C=O) groups excluding carboxylic acids is 1. The molecule has 10 heteroatoms. The maximum absolute atomic E-state index is 13.2. The molecule has 2 aromatic rings. The summed E-state index contributed by atoms with van der Waals surface area (Å²) in [6, 6.07) is 8.52. The molecule has 31 heavy (non-hydrogen) atoms. The monoisotopic (exact) mass is 486 g/mol. The molecule has 0 bridgehead atoms. The highest BCUT2D eigenvalue weighted by atomic mass is 35.5. The molecule has 0 unspecified atom stereocenters. The van der Waals surface area contributed by atoms with Crippen LogP contribution >= 0.6 is 23.2 Å². The third-order valence-electron chi connectivity index (χ3n) is 4.90. The summed E-state index contributed by atoms with van der Waals surface area (Å²) in [5.41, 5.74) is 0.963. The zero-order chi connectivity index (χ0) is 22.8. The van der Waals surface area contributed by atoms with Gasteiger partial charge in [-0.3, -0.25) is 9.10 Å². The van der Waals surface area contributed by atoms with Gasteiger partial charge in [-0.1, -0.05) is 36.2 Å². The molecule has 1 aliphatic rings. The van der Waals surface area contributed by atoms with Gasteiger partial charge >= 0.3 is 0 Å². The summed E-state index contributed by atoms with van der Waals surface area (Å²) in [6.45, 7) is 4.49. The van der Waals surface area contributed by atoms with Crippen LogP contribution in [0.2, 0.25) is 10.0 Å². The van der Waals surface area contributed by atoms with Crippen molar-refractivity contribution in [1.29, 1.82) is 0 Å². The summed E-state index contributed by atoms with van der Waals surface area (Å²) in [5, 5.41) is 3.39. The van der Waals surface area contributed by atoms with Crippen molar-refractivity contribution in [3.63, 3.8) is 0 Å². The smallest absolute Gasteiger partial charge is 0.244 e. The number of ether oxygens (including phenoxy) is 2. The largest absolute Gasteiger partial charge is 0.486 e. The van der Waals surface area contributed by atoms with Crippen LogP contribution in [-0.2, 0) is 14.8 Å². The number of halogens is 2. The Balaban J connectivity index is 1.87. The molecule has 2 aromatic carbocycles. The van der Waals surface area contributed by atoms with Crippen LogP contribution in [0.25, 0.3) is 0 Å². The molecule has 0 saturated carbocycles. The summed E-state index contributed by atoms with van der Waals surface area (Å²) in [6.07, 6.45) is 1.26. The fraction of sp³-hybridized carbons (Fsp3) is 0.381. The van der Waals surface area contributed by atoms with Crippen LogP contribution in [0.3, 0.4) is 0 Å². The third kappa shape index (κ3) is 5.37. The maximum atomic E-state index is 13.2. The van der Waals surface area contributed by atoms with Crippen molar-refractivity contribution in [1.82, 2.24) is 5.32 Å². The molecule has 1 heterocycles. The predicted octanol–water partition coefficient (Wildman–Crippen LogP) is 4.19. The minimum atomic E-state index is -3.83. The second-order valence-electron chi connectivity index (χ2n) is 7.21. The van der Waals surface area contributed by atoms with Gasteiger partial charge in [-0.15, -0.1) is 0 Å². The fourth-order valence-electron chi connectivity index (χ4n) is 3.41. The van der Waals surface area contributed by atoms with Crippen LogP contribution < -0.4 is 19.1 Å². The number of amides is 1. The zero-order valence-electron chi connectivity index (χ0n) is 17.4. The van der Waals surface area contributed by atoms with E-state index in [0.717, 1.165) is 16.1 Å². The first-order valence-corrected chi connectivity index (χ1v) is 12.4. The number of rotatable bonds is 7. The average molecular weight is 487 g/mol. The van der Waals surface area contributed by atoms with Crippen molar-refractivity contribution >= 4 is 44.8 Å². The van der Waals surface area contributed by atoms with Crippen LogP contribution in [0.15, 0.2) is 36.4 Å². The van der Waals surface area contributed by atoms with Gasteiger partial charge in [-0.05, 0) is 49.2 Å². The molecule has 0 fully saturated rings. The van der Waals surface area contributed by atoms with Crippen molar-refractivity contribution in [3.8, 4) is 11.5 Å². The lowest BCUT2D eigenvalue weighted by atomic mass is 10.1. The van der Waals surface area contributed by atoms with Crippen LogP contribution in [0.1, 0.15) is 31.9 Å². The standard InChI is InChI=1S/C21H24Cl2N2O5S/c1-4-17(25(31(3,27)28)18-12-15(22)6-7-16(18)23)21(26)24-13(2)14-5-8-19-20(11-14)30-10-9-29-19/h5-8,11-13,17H,4,9-10H2,1-3H3,(H,24,26)/t13-,17+/m0/s1. The number of benzene rings is 2. The van der Waals surface area contributed by atoms with E-state index < -0.39 is 28.0 Å². The molecular formula is C21H24Cl2N2O5S. The molecule has 7 nitrogen and oxygen atoms in total. The molecule has 0 aliphatic carbocycles. The Morgan fingerprint density at radius 2 is 1.81 bits per heavy atom. The molecule has 1 N–H and O–H groups in total. The molecule has 0 radical (unpaired) electrons. The van der Waals surface area contributed by atoms with Crippen molar-refractivity contribution in [2.75, 3.05) is 23.8 Å². The van der Waals surface area contributed by atoms with Gasteiger partial charge in [-0.2, -0.15) is 0 Å².